The van der Waals surface area contributed by atoms with E-state index < -0.39 is 0 Å². The lowest BCUT2D eigenvalue weighted by atomic mass is 10.1. The summed E-state index contributed by atoms with van der Waals surface area (Å²) in [4.78, 5) is 41.8. The molecule has 3 aliphatic rings. The van der Waals surface area contributed by atoms with Crippen molar-refractivity contribution in [3.63, 3.8) is 0 Å². The highest BCUT2D eigenvalue weighted by molar-refractivity contribution is 5.87. The maximum absolute atomic E-state index is 12.7. The Bertz CT molecular complexity index is 1630. The van der Waals surface area contributed by atoms with Crippen LogP contribution in [-0.2, 0) is 27.2 Å². The minimum absolute atomic E-state index is 0.100. The number of ether oxygens (including phenoxy) is 1. The minimum atomic E-state index is -0.249. The summed E-state index contributed by atoms with van der Waals surface area (Å²) in [5.41, 5.74) is 2.87. The predicted molar refractivity (Wildman–Crippen MR) is 156 cm³/mol. The van der Waals surface area contributed by atoms with E-state index in [9.17, 15) is 9.59 Å². The third kappa shape index (κ3) is 5.05. The molecule has 1 saturated heterocycles. The van der Waals surface area contributed by atoms with E-state index in [2.05, 4.69) is 45.2 Å². The van der Waals surface area contributed by atoms with Gasteiger partial charge in [0, 0.05) is 55.3 Å². The third-order valence-electron chi connectivity index (χ3n) is 8.43. The van der Waals surface area contributed by atoms with Gasteiger partial charge in [-0.3, -0.25) is 14.2 Å². The Hall–Kier alpha value is -4.27. The summed E-state index contributed by atoms with van der Waals surface area (Å²) in [5.74, 6) is 2.11. The van der Waals surface area contributed by atoms with Crippen LogP contribution in [-0.4, -0.2) is 62.0 Å². The topological polar surface area (TPSA) is 102 Å². The molecule has 4 aromatic rings. The molecule has 0 radical (unpaired) electrons. The average molecular weight is 551 g/mol. The normalized spacial score (nSPS) is 20.2. The first-order chi connectivity index (χ1) is 20.1. The number of imidazole rings is 1. The molecule has 1 aliphatic heterocycles. The number of aromatic nitrogens is 4. The van der Waals surface area contributed by atoms with E-state index in [0.717, 1.165) is 60.4 Å². The number of piperidine rings is 1. The molecule has 1 saturated carbocycles. The summed E-state index contributed by atoms with van der Waals surface area (Å²) in [6.45, 7) is 3.69. The summed E-state index contributed by atoms with van der Waals surface area (Å²) in [6.07, 6.45) is 6.81. The summed E-state index contributed by atoms with van der Waals surface area (Å²) >= 11 is 0. The summed E-state index contributed by atoms with van der Waals surface area (Å²) < 4.78 is 7.42. The van der Waals surface area contributed by atoms with Crippen molar-refractivity contribution in [2.75, 3.05) is 25.0 Å². The van der Waals surface area contributed by atoms with E-state index in [0.29, 0.717) is 37.8 Å². The molecule has 9 heteroatoms. The van der Waals surface area contributed by atoms with Crippen LogP contribution in [0.5, 0.6) is 0 Å². The molecule has 2 atom stereocenters. The lowest BCUT2D eigenvalue weighted by molar-refractivity contribution is -0.147. The number of nitrogens with one attached hydrogen (secondary N) is 1. The highest BCUT2D eigenvalue weighted by atomic mass is 16.5. The highest BCUT2D eigenvalue weighted by Gasteiger charge is 2.36. The number of esters is 1. The molecule has 0 spiro atoms. The van der Waals surface area contributed by atoms with Gasteiger partial charge in [-0.05, 0) is 55.5 Å². The SMILES string of the molecule is CCOC(=O)C1Cc2nc(-c3ccc4ccccc4c3)n(-c3ccnc(N[C@@H]4CCCN(C(=O)C5CC5)C4)n3)c2C1. The van der Waals surface area contributed by atoms with Crippen molar-refractivity contribution < 1.29 is 14.3 Å². The Labute approximate surface area is 239 Å². The number of anilines is 1. The second kappa shape index (κ2) is 10.6. The second-order valence-electron chi connectivity index (χ2n) is 11.4. The van der Waals surface area contributed by atoms with Crippen LogP contribution in [0.1, 0.15) is 44.0 Å². The van der Waals surface area contributed by atoms with Gasteiger partial charge < -0.3 is 15.0 Å². The number of fused-ring (bicyclic) bond motifs is 2. The van der Waals surface area contributed by atoms with Crippen LogP contribution >= 0.6 is 0 Å². The Morgan fingerprint density at radius 3 is 2.68 bits per heavy atom. The van der Waals surface area contributed by atoms with Crippen LogP contribution in [0.2, 0.25) is 0 Å². The standard InChI is InChI=1S/C32H34N6O3/c1-2-41-31(40)24-17-26-27(18-24)38(29(35-26)23-12-9-20-6-3-4-7-22(20)16-23)28-13-14-33-32(36-28)34-25-8-5-15-37(19-25)30(39)21-10-11-21/h3-4,6-7,9,12-14,16,21,24-25H,2,5,8,10-11,15,17-19H2,1H3,(H,33,34,36)/t24?,25-/m1/s1. The molecule has 2 fully saturated rings. The number of hydrogen-bond donors (Lipinski definition) is 1. The zero-order chi connectivity index (χ0) is 27.9. The van der Waals surface area contributed by atoms with E-state index in [1.165, 1.54) is 5.39 Å². The van der Waals surface area contributed by atoms with Crippen LogP contribution in [0, 0.1) is 11.8 Å². The van der Waals surface area contributed by atoms with Crippen LogP contribution in [0.25, 0.3) is 28.0 Å². The van der Waals surface area contributed by atoms with Crippen molar-refractivity contribution in [3.8, 4) is 17.2 Å². The van der Waals surface area contributed by atoms with Crippen LogP contribution in [0.3, 0.4) is 0 Å². The number of carbonyl (C=O) groups excluding carboxylic acids is 2. The fraction of sp³-hybridized carbons (Fsp3) is 0.406. The highest BCUT2D eigenvalue weighted by Crippen LogP contribution is 2.36. The Kier molecular flexibility index (Phi) is 6.65. The van der Waals surface area contributed by atoms with Crippen LogP contribution in [0.15, 0.2) is 54.7 Å². The maximum Gasteiger partial charge on any atom is 0.309 e. The molecule has 41 heavy (non-hydrogen) atoms. The number of amides is 1. The number of rotatable bonds is 7. The molecule has 9 nitrogen and oxygen atoms in total. The number of nitrogens with zero attached hydrogens (tertiary/aromatic N) is 5. The number of carbonyl (C=O) groups is 2. The summed E-state index contributed by atoms with van der Waals surface area (Å²) in [7, 11) is 0. The molecule has 2 aromatic heterocycles. The Balaban J connectivity index is 1.22. The van der Waals surface area contributed by atoms with Crippen molar-refractivity contribution in [2.24, 2.45) is 11.8 Å². The molecular weight excluding hydrogens is 516 g/mol. The molecule has 2 aliphatic carbocycles. The van der Waals surface area contributed by atoms with Crippen molar-refractivity contribution >= 4 is 28.6 Å². The molecule has 3 heterocycles. The van der Waals surface area contributed by atoms with Gasteiger partial charge in [-0.15, -0.1) is 0 Å². The van der Waals surface area contributed by atoms with E-state index in [4.69, 9.17) is 14.7 Å². The first-order valence-corrected chi connectivity index (χ1v) is 14.7. The van der Waals surface area contributed by atoms with Gasteiger partial charge in [-0.1, -0.05) is 36.4 Å². The van der Waals surface area contributed by atoms with Gasteiger partial charge in [-0.2, -0.15) is 4.98 Å². The number of benzene rings is 2. The average Bonchev–Trinajstić information content (AvgIpc) is 3.67. The first kappa shape index (κ1) is 25.7. The van der Waals surface area contributed by atoms with Crippen molar-refractivity contribution in [2.45, 2.75) is 51.5 Å². The van der Waals surface area contributed by atoms with Crippen molar-refractivity contribution in [1.82, 2.24) is 24.4 Å². The number of likely N-dealkylation sites (tertiary alicyclic amines) is 1. The van der Waals surface area contributed by atoms with Gasteiger partial charge in [0.05, 0.1) is 18.2 Å². The molecule has 2 aromatic carbocycles. The lowest BCUT2D eigenvalue weighted by Gasteiger charge is -2.33. The molecule has 7 rings (SSSR count). The molecule has 1 unspecified atom stereocenters. The fourth-order valence-corrected chi connectivity index (χ4v) is 6.22. The molecule has 0 bridgehead atoms. The Morgan fingerprint density at radius 1 is 1.00 bits per heavy atom. The monoisotopic (exact) mass is 550 g/mol. The van der Waals surface area contributed by atoms with E-state index >= 15 is 0 Å². The quantitative estimate of drug-likeness (QED) is 0.336. The largest absolute Gasteiger partial charge is 0.466 e. The zero-order valence-corrected chi connectivity index (χ0v) is 23.3. The van der Waals surface area contributed by atoms with Gasteiger partial charge in [-0.25, -0.2) is 9.97 Å². The van der Waals surface area contributed by atoms with E-state index in [-0.39, 0.29) is 29.8 Å². The number of hydrogen-bond acceptors (Lipinski definition) is 7. The van der Waals surface area contributed by atoms with Gasteiger partial charge >= 0.3 is 5.97 Å². The maximum atomic E-state index is 12.7. The van der Waals surface area contributed by atoms with E-state index in [1.807, 2.05) is 30.0 Å². The molecular formula is C32H34N6O3. The summed E-state index contributed by atoms with van der Waals surface area (Å²) in [5, 5.41) is 5.80. The van der Waals surface area contributed by atoms with Gasteiger partial charge in [0.2, 0.25) is 11.9 Å². The smallest absolute Gasteiger partial charge is 0.309 e. The zero-order valence-electron chi connectivity index (χ0n) is 23.3. The first-order valence-electron chi connectivity index (χ1n) is 14.7. The van der Waals surface area contributed by atoms with Gasteiger partial charge in [0.1, 0.15) is 11.6 Å². The van der Waals surface area contributed by atoms with Gasteiger partial charge in [0.15, 0.2) is 0 Å². The lowest BCUT2D eigenvalue weighted by Crippen LogP contribution is -2.45. The van der Waals surface area contributed by atoms with Gasteiger partial charge in [0.25, 0.3) is 0 Å². The second-order valence-corrected chi connectivity index (χ2v) is 11.4. The van der Waals surface area contributed by atoms with Crippen LogP contribution < -0.4 is 5.32 Å². The predicted octanol–water partition coefficient (Wildman–Crippen LogP) is 4.57. The van der Waals surface area contributed by atoms with Crippen molar-refractivity contribution in [1.29, 1.82) is 0 Å². The van der Waals surface area contributed by atoms with Crippen molar-refractivity contribution in [3.05, 3.63) is 66.1 Å². The third-order valence-corrected chi connectivity index (χ3v) is 8.43. The molecule has 1 N–H and O–H groups in total. The van der Waals surface area contributed by atoms with Crippen LogP contribution in [0.4, 0.5) is 5.95 Å². The summed E-state index contributed by atoms with van der Waals surface area (Å²) in [6, 6.07) is 16.6. The molecule has 1 amide bonds. The Morgan fingerprint density at radius 2 is 1.85 bits per heavy atom. The fourth-order valence-electron chi connectivity index (χ4n) is 6.22. The van der Waals surface area contributed by atoms with E-state index in [1.54, 1.807) is 6.20 Å². The molecule has 210 valence electrons. The minimum Gasteiger partial charge on any atom is -0.466 e.